The predicted molar refractivity (Wildman–Crippen MR) is 83.0 cm³/mol. The zero-order valence-corrected chi connectivity index (χ0v) is 13.0. The van der Waals surface area contributed by atoms with Gasteiger partial charge in [-0.1, -0.05) is 42.3 Å². The second-order valence-electron chi connectivity index (χ2n) is 5.22. The molecule has 0 amide bonds. The van der Waals surface area contributed by atoms with Gasteiger partial charge < -0.3 is 10.2 Å². The van der Waals surface area contributed by atoms with E-state index in [9.17, 15) is 0 Å². The van der Waals surface area contributed by atoms with Crippen LogP contribution in [0.2, 0.25) is 10.0 Å². The summed E-state index contributed by atoms with van der Waals surface area (Å²) in [5.74, 6) is 0.792. The molecule has 0 unspecified atom stereocenters. The maximum absolute atomic E-state index is 6.17. The van der Waals surface area contributed by atoms with E-state index in [4.69, 9.17) is 23.2 Å². The minimum absolute atomic E-state index is 0.636. The lowest BCUT2D eigenvalue weighted by Gasteiger charge is -2.31. The number of piperidine rings is 1. The van der Waals surface area contributed by atoms with Crippen LogP contribution in [-0.4, -0.2) is 31.1 Å². The molecule has 0 aliphatic carbocycles. The molecule has 2 rings (SSSR count). The second-order valence-corrected chi connectivity index (χ2v) is 6.01. The summed E-state index contributed by atoms with van der Waals surface area (Å²) in [5.41, 5.74) is 1.08. The fourth-order valence-corrected chi connectivity index (χ4v) is 2.99. The first-order valence-corrected chi connectivity index (χ1v) is 7.82. The van der Waals surface area contributed by atoms with E-state index in [0.717, 1.165) is 24.6 Å². The first kappa shape index (κ1) is 15.1. The summed E-state index contributed by atoms with van der Waals surface area (Å²) in [6.45, 7) is 7.76. The fourth-order valence-electron chi connectivity index (χ4n) is 2.60. The highest BCUT2D eigenvalue weighted by Gasteiger charge is 2.17. The normalized spacial score (nSPS) is 17.8. The largest absolute Gasteiger partial charge is 0.312 e. The Balaban J connectivity index is 1.74. The smallest absolute Gasteiger partial charge is 0.0637 e. The number of likely N-dealkylation sites (tertiary alicyclic amines) is 1. The van der Waals surface area contributed by atoms with Crippen LogP contribution in [0.25, 0.3) is 0 Å². The minimum Gasteiger partial charge on any atom is -0.312 e. The van der Waals surface area contributed by atoms with Crippen molar-refractivity contribution in [1.82, 2.24) is 10.2 Å². The Morgan fingerprint density at radius 1 is 1.26 bits per heavy atom. The molecule has 0 spiro atoms. The Kier molecular flexibility index (Phi) is 5.96. The maximum Gasteiger partial charge on any atom is 0.0637 e. The van der Waals surface area contributed by atoms with Crippen LogP contribution in [0, 0.1) is 5.92 Å². The Labute approximate surface area is 126 Å². The number of halogens is 2. The zero-order valence-electron chi connectivity index (χ0n) is 11.5. The van der Waals surface area contributed by atoms with Gasteiger partial charge in [0.05, 0.1) is 10.0 Å². The molecular formula is C15H22Cl2N2. The monoisotopic (exact) mass is 300 g/mol. The summed E-state index contributed by atoms with van der Waals surface area (Å²) < 4.78 is 0. The van der Waals surface area contributed by atoms with E-state index in [1.54, 1.807) is 0 Å². The summed E-state index contributed by atoms with van der Waals surface area (Å²) in [5, 5.41) is 4.83. The van der Waals surface area contributed by atoms with E-state index in [0.29, 0.717) is 10.0 Å². The molecule has 1 aromatic carbocycles. The van der Waals surface area contributed by atoms with Gasteiger partial charge in [0, 0.05) is 6.54 Å². The van der Waals surface area contributed by atoms with Gasteiger partial charge >= 0.3 is 0 Å². The third-order valence-electron chi connectivity index (χ3n) is 3.93. The summed E-state index contributed by atoms with van der Waals surface area (Å²) in [6, 6.07) is 5.81. The van der Waals surface area contributed by atoms with Gasteiger partial charge in [-0.25, -0.2) is 0 Å². The second kappa shape index (κ2) is 7.49. The molecule has 1 fully saturated rings. The average Bonchev–Trinajstić information content (AvgIpc) is 2.44. The number of benzene rings is 1. The Hall–Kier alpha value is -0.280. The van der Waals surface area contributed by atoms with Gasteiger partial charge in [0.15, 0.2) is 0 Å². The Bertz CT molecular complexity index is 401. The van der Waals surface area contributed by atoms with Crippen LogP contribution < -0.4 is 5.32 Å². The average molecular weight is 301 g/mol. The summed E-state index contributed by atoms with van der Waals surface area (Å²) >= 11 is 12.2. The molecule has 0 bridgehead atoms. The lowest BCUT2D eigenvalue weighted by molar-refractivity contribution is 0.190. The number of hydrogen-bond acceptors (Lipinski definition) is 2. The maximum atomic E-state index is 6.17. The molecule has 0 aromatic heterocycles. The van der Waals surface area contributed by atoms with Crippen LogP contribution >= 0.6 is 23.2 Å². The van der Waals surface area contributed by atoms with Gasteiger partial charge in [-0.2, -0.15) is 0 Å². The number of hydrogen-bond donors (Lipinski definition) is 1. The van der Waals surface area contributed by atoms with Gasteiger partial charge in [0.1, 0.15) is 0 Å². The first-order valence-electron chi connectivity index (χ1n) is 7.06. The number of nitrogens with zero attached hydrogens (tertiary/aromatic N) is 1. The minimum atomic E-state index is 0.636. The molecule has 1 aliphatic heterocycles. The molecule has 0 atom stereocenters. The van der Waals surface area contributed by atoms with Crippen LogP contribution in [-0.2, 0) is 6.54 Å². The highest BCUT2D eigenvalue weighted by molar-refractivity contribution is 6.42. The molecule has 2 nitrogen and oxygen atoms in total. The van der Waals surface area contributed by atoms with Crippen LogP contribution in [0.3, 0.4) is 0 Å². The predicted octanol–water partition coefficient (Wildman–Crippen LogP) is 3.81. The molecular weight excluding hydrogens is 279 g/mol. The summed E-state index contributed by atoms with van der Waals surface area (Å²) in [6.07, 6.45) is 2.59. The van der Waals surface area contributed by atoms with Crippen molar-refractivity contribution >= 4 is 23.2 Å². The van der Waals surface area contributed by atoms with Gasteiger partial charge in [-0.3, -0.25) is 0 Å². The highest BCUT2D eigenvalue weighted by atomic mass is 35.5. The van der Waals surface area contributed by atoms with Crippen LogP contribution in [0.4, 0.5) is 0 Å². The van der Waals surface area contributed by atoms with E-state index in [-0.39, 0.29) is 0 Å². The van der Waals surface area contributed by atoms with Crippen molar-refractivity contribution in [2.45, 2.75) is 26.3 Å². The standard InChI is InChI=1S/C15H22Cl2N2/c1-2-19-8-6-12(7-9-19)10-18-11-13-4-3-5-14(16)15(13)17/h3-5,12,18H,2,6-11H2,1H3. The van der Waals surface area contributed by atoms with Crippen molar-refractivity contribution in [1.29, 1.82) is 0 Å². The van der Waals surface area contributed by atoms with Gasteiger partial charge in [0.25, 0.3) is 0 Å². The fraction of sp³-hybridized carbons (Fsp3) is 0.600. The van der Waals surface area contributed by atoms with Crippen molar-refractivity contribution in [3.63, 3.8) is 0 Å². The van der Waals surface area contributed by atoms with Gasteiger partial charge in [0.2, 0.25) is 0 Å². The van der Waals surface area contributed by atoms with E-state index in [2.05, 4.69) is 17.1 Å². The molecule has 1 aliphatic rings. The Morgan fingerprint density at radius 2 is 2.00 bits per heavy atom. The first-order chi connectivity index (χ1) is 9.20. The van der Waals surface area contributed by atoms with E-state index in [1.165, 1.54) is 32.5 Å². The molecule has 0 saturated carbocycles. The van der Waals surface area contributed by atoms with E-state index in [1.807, 2.05) is 18.2 Å². The molecule has 1 aromatic rings. The quantitative estimate of drug-likeness (QED) is 0.889. The third-order valence-corrected chi connectivity index (χ3v) is 4.79. The molecule has 1 N–H and O–H groups in total. The molecule has 4 heteroatoms. The van der Waals surface area contributed by atoms with Crippen LogP contribution in [0.15, 0.2) is 18.2 Å². The van der Waals surface area contributed by atoms with Crippen molar-refractivity contribution < 1.29 is 0 Å². The molecule has 106 valence electrons. The van der Waals surface area contributed by atoms with Gasteiger partial charge in [-0.15, -0.1) is 0 Å². The molecule has 1 saturated heterocycles. The van der Waals surface area contributed by atoms with E-state index >= 15 is 0 Å². The lowest BCUT2D eigenvalue weighted by atomic mass is 9.97. The van der Waals surface area contributed by atoms with Crippen molar-refractivity contribution in [2.24, 2.45) is 5.92 Å². The van der Waals surface area contributed by atoms with Crippen LogP contribution in [0.5, 0.6) is 0 Å². The van der Waals surface area contributed by atoms with Crippen molar-refractivity contribution in [3.05, 3.63) is 33.8 Å². The number of rotatable bonds is 5. The Morgan fingerprint density at radius 3 is 2.68 bits per heavy atom. The number of nitrogens with one attached hydrogen (secondary N) is 1. The molecule has 19 heavy (non-hydrogen) atoms. The SMILES string of the molecule is CCN1CCC(CNCc2cccc(Cl)c2Cl)CC1. The summed E-state index contributed by atoms with van der Waals surface area (Å²) in [4.78, 5) is 2.52. The highest BCUT2D eigenvalue weighted by Crippen LogP contribution is 2.25. The van der Waals surface area contributed by atoms with Gasteiger partial charge in [-0.05, 0) is 56.6 Å². The topological polar surface area (TPSA) is 15.3 Å². The lowest BCUT2D eigenvalue weighted by Crippen LogP contribution is -2.36. The van der Waals surface area contributed by atoms with Crippen LogP contribution in [0.1, 0.15) is 25.3 Å². The van der Waals surface area contributed by atoms with Crippen molar-refractivity contribution in [3.8, 4) is 0 Å². The van der Waals surface area contributed by atoms with E-state index < -0.39 is 0 Å². The molecule has 1 heterocycles. The third kappa shape index (κ3) is 4.35. The van der Waals surface area contributed by atoms with Crippen molar-refractivity contribution in [2.75, 3.05) is 26.2 Å². The molecule has 0 radical (unpaired) electrons. The zero-order chi connectivity index (χ0) is 13.7. The summed E-state index contributed by atoms with van der Waals surface area (Å²) in [7, 11) is 0.